The van der Waals surface area contributed by atoms with Crippen molar-refractivity contribution in [1.29, 1.82) is 0 Å². The number of rotatable bonds is 7. The highest BCUT2D eigenvalue weighted by molar-refractivity contribution is 7.89. The number of hydrogen-bond donors (Lipinski definition) is 0. The van der Waals surface area contributed by atoms with Crippen molar-refractivity contribution >= 4 is 21.5 Å². The summed E-state index contributed by atoms with van der Waals surface area (Å²) in [7, 11) is -3.20. The average molecular weight is 446 g/mol. The largest absolute Gasteiger partial charge is 0.354 e. The smallest absolute Gasteiger partial charge is 0.269 e. The highest BCUT2D eigenvalue weighted by Gasteiger charge is 2.31. The molecule has 1 aliphatic carbocycles. The molecule has 2 aromatic rings. The predicted molar refractivity (Wildman–Crippen MR) is 118 cm³/mol. The maximum atomic E-state index is 12.2. The lowest BCUT2D eigenvalue weighted by atomic mass is 10.0. The van der Waals surface area contributed by atoms with Crippen molar-refractivity contribution in [2.75, 3.05) is 36.8 Å². The molecule has 0 radical (unpaired) electrons. The molecule has 0 amide bonds. The van der Waals surface area contributed by atoms with Gasteiger partial charge in [0.25, 0.3) is 5.69 Å². The fourth-order valence-corrected chi connectivity index (χ4v) is 4.98. The van der Waals surface area contributed by atoms with Gasteiger partial charge in [-0.3, -0.25) is 10.1 Å². The topological polar surface area (TPSA) is 110 Å². The molecule has 0 spiro atoms. The van der Waals surface area contributed by atoms with Crippen molar-refractivity contribution in [2.45, 2.75) is 39.0 Å². The second-order valence-corrected chi connectivity index (χ2v) is 10.4. The van der Waals surface area contributed by atoms with Crippen LogP contribution in [-0.2, 0) is 16.4 Å². The number of non-ortho nitro benzene ring substituents is 1. The molecule has 1 saturated carbocycles. The van der Waals surface area contributed by atoms with Crippen molar-refractivity contribution in [3.8, 4) is 0 Å². The third-order valence-electron chi connectivity index (χ3n) is 5.98. The number of sulfonamides is 1. The standard InChI is InChI=1S/C21H27N5O4S/c1-3-31(29,30)25-12-10-24(11-13-25)21-19(15(2)22-20(23-21)17-6-7-17)14-16-4-8-18(9-5-16)26(27)28/h4-5,8-9,17H,3,6-7,10-14H2,1-2H3. The molecule has 10 heteroatoms. The Morgan fingerprint density at radius 3 is 2.29 bits per heavy atom. The zero-order chi connectivity index (χ0) is 22.2. The van der Waals surface area contributed by atoms with Crippen LogP contribution in [0.1, 0.15) is 48.3 Å². The molecule has 1 aromatic heterocycles. The van der Waals surface area contributed by atoms with Crippen LogP contribution in [0.15, 0.2) is 24.3 Å². The molecule has 0 unspecified atom stereocenters. The van der Waals surface area contributed by atoms with Gasteiger partial charge < -0.3 is 4.90 Å². The number of hydrogen-bond acceptors (Lipinski definition) is 7. The van der Waals surface area contributed by atoms with E-state index in [-0.39, 0.29) is 11.4 Å². The van der Waals surface area contributed by atoms with Gasteiger partial charge in [-0.15, -0.1) is 0 Å². The van der Waals surface area contributed by atoms with Crippen LogP contribution in [0, 0.1) is 17.0 Å². The molecule has 1 aromatic carbocycles. The van der Waals surface area contributed by atoms with Crippen LogP contribution in [0.25, 0.3) is 0 Å². The Balaban J connectivity index is 1.62. The molecule has 0 N–H and O–H groups in total. The molecular weight excluding hydrogens is 418 g/mol. The van der Waals surface area contributed by atoms with E-state index < -0.39 is 14.9 Å². The molecule has 0 atom stereocenters. The van der Waals surface area contributed by atoms with Crippen LogP contribution in [-0.4, -0.2) is 59.5 Å². The van der Waals surface area contributed by atoms with E-state index in [2.05, 4.69) is 4.90 Å². The number of nitrogens with zero attached hydrogens (tertiary/aromatic N) is 5. The monoisotopic (exact) mass is 445 g/mol. The molecule has 31 heavy (non-hydrogen) atoms. The molecule has 2 fully saturated rings. The Bertz CT molecular complexity index is 1080. The molecule has 4 rings (SSSR count). The number of nitro benzene ring substituents is 1. The molecule has 166 valence electrons. The fraction of sp³-hybridized carbons (Fsp3) is 0.524. The minimum Gasteiger partial charge on any atom is -0.354 e. The molecule has 1 saturated heterocycles. The van der Waals surface area contributed by atoms with E-state index in [1.807, 2.05) is 6.92 Å². The number of anilines is 1. The second kappa shape index (κ2) is 8.51. The Hall–Kier alpha value is -2.59. The zero-order valence-electron chi connectivity index (χ0n) is 17.8. The van der Waals surface area contributed by atoms with Crippen LogP contribution < -0.4 is 4.90 Å². The summed E-state index contributed by atoms with van der Waals surface area (Å²) < 4.78 is 26.0. The van der Waals surface area contributed by atoms with Crippen molar-refractivity contribution in [3.05, 3.63) is 57.0 Å². The van der Waals surface area contributed by atoms with Crippen molar-refractivity contribution in [3.63, 3.8) is 0 Å². The minimum atomic E-state index is -3.20. The van der Waals surface area contributed by atoms with Crippen molar-refractivity contribution < 1.29 is 13.3 Å². The van der Waals surface area contributed by atoms with E-state index >= 15 is 0 Å². The van der Waals surface area contributed by atoms with Gasteiger partial charge in [0.05, 0.1) is 10.7 Å². The number of benzene rings is 1. The molecule has 2 heterocycles. The van der Waals surface area contributed by atoms with Gasteiger partial charge in [-0.1, -0.05) is 12.1 Å². The summed E-state index contributed by atoms with van der Waals surface area (Å²) in [5, 5.41) is 10.9. The van der Waals surface area contributed by atoms with E-state index in [4.69, 9.17) is 9.97 Å². The molecule has 9 nitrogen and oxygen atoms in total. The minimum absolute atomic E-state index is 0.0642. The summed E-state index contributed by atoms with van der Waals surface area (Å²) in [6.07, 6.45) is 2.77. The Morgan fingerprint density at radius 1 is 1.10 bits per heavy atom. The zero-order valence-corrected chi connectivity index (χ0v) is 18.6. The second-order valence-electron chi connectivity index (χ2n) is 8.13. The lowest BCUT2D eigenvalue weighted by molar-refractivity contribution is -0.384. The van der Waals surface area contributed by atoms with Crippen LogP contribution >= 0.6 is 0 Å². The molecule has 0 bridgehead atoms. The van der Waals surface area contributed by atoms with Crippen molar-refractivity contribution in [1.82, 2.24) is 14.3 Å². The summed E-state index contributed by atoms with van der Waals surface area (Å²) in [5.74, 6) is 2.24. The predicted octanol–water partition coefficient (Wildman–Crippen LogP) is 2.63. The van der Waals surface area contributed by atoms with Crippen LogP contribution in [0.5, 0.6) is 0 Å². The number of aromatic nitrogens is 2. The van der Waals surface area contributed by atoms with Gasteiger partial charge in [0, 0.05) is 61.9 Å². The van der Waals surface area contributed by atoms with E-state index in [0.29, 0.717) is 38.5 Å². The number of piperazine rings is 1. The number of aryl methyl sites for hydroxylation is 1. The molecule has 2 aliphatic rings. The quantitative estimate of drug-likeness (QED) is 0.476. The van der Waals surface area contributed by atoms with Gasteiger partial charge in [0.2, 0.25) is 10.0 Å². The highest BCUT2D eigenvalue weighted by Crippen LogP contribution is 2.39. The van der Waals surface area contributed by atoms with Gasteiger partial charge in [-0.25, -0.2) is 18.4 Å². The lowest BCUT2D eigenvalue weighted by Crippen LogP contribution is -2.49. The van der Waals surface area contributed by atoms with Crippen LogP contribution in [0.2, 0.25) is 0 Å². The summed E-state index contributed by atoms with van der Waals surface area (Å²) in [6, 6.07) is 6.56. The Morgan fingerprint density at radius 2 is 1.74 bits per heavy atom. The van der Waals surface area contributed by atoms with Gasteiger partial charge >= 0.3 is 0 Å². The summed E-state index contributed by atoms with van der Waals surface area (Å²) in [5.41, 5.74) is 2.91. The first-order valence-corrected chi connectivity index (χ1v) is 12.2. The van der Waals surface area contributed by atoms with Crippen LogP contribution in [0.3, 0.4) is 0 Å². The van der Waals surface area contributed by atoms with Gasteiger partial charge in [-0.05, 0) is 32.3 Å². The normalized spacial score (nSPS) is 17.7. The summed E-state index contributed by atoms with van der Waals surface area (Å²) >= 11 is 0. The van der Waals surface area contributed by atoms with Crippen LogP contribution in [0.4, 0.5) is 11.5 Å². The first-order valence-electron chi connectivity index (χ1n) is 10.6. The van der Waals surface area contributed by atoms with E-state index in [0.717, 1.165) is 41.3 Å². The van der Waals surface area contributed by atoms with Crippen molar-refractivity contribution in [2.24, 2.45) is 0 Å². The average Bonchev–Trinajstić information content (AvgIpc) is 3.61. The third kappa shape index (κ3) is 4.69. The molecule has 1 aliphatic heterocycles. The SMILES string of the molecule is CCS(=O)(=O)N1CCN(c2nc(C3CC3)nc(C)c2Cc2ccc([N+](=O)[O-])cc2)CC1. The maximum Gasteiger partial charge on any atom is 0.269 e. The first-order chi connectivity index (χ1) is 14.8. The Kier molecular flexibility index (Phi) is 5.94. The van der Waals surface area contributed by atoms with E-state index in [1.54, 1.807) is 23.4 Å². The lowest BCUT2D eigenvalue weighted by Gasteiger charge is -2.35. The van der Waals surface area contributed by atoms with Gasteiger partial charge in [0.15, 0.2) is 0 Å². The highest BCUT2D eigenvalue weighted by atomic mass is 32.2. The molecular formula is C21H27N5O4S. The summed E-state index contributed by atoms with van der Waals surface area (Å²) in [6.45, 7) is 5.68. The Labute approximate surface area is 182 Å². The van der Waals surface area contributed by atoms with E-state index in [1.165, 1.54) is 12.1 Å². The first kappa shape index (κ1) is 21.6. The van der Waals surface area contributed by atoms with Gasteiger partial charge in [0.1, 0.15) is 11.6 Å². The third-order valence-corrected chi connectivity index (χ3v) is 7.86. The number of nitro groups is 1. The van der Waals surface area contributed by atoms with Gasteiger partial charge in [-0.2, -0.15) is 4.31 Å². The summed E-state index contributed by atoms with van der Waals surface area (Å²) in [4.78, 5) is 22.3. The fourth-order valence-electron chi connectivity index (χ4n) is 3.90. The maximum absolute atomic E-state index is 12.2. The van der Waals surface area contributed by atoms with E-state index in [9.17, 15) is 18.5 Å².